The lowest BCUT2D eigenvalue weighted by Gasteiger charge is -2.12. The van der Waals surface area contributed by atoms with Crippen molar-refractivity contribution >= 4 is 32.8 Å². The molecule has 2 heterocycles. The standard InChI is InChI=1S/C16H17BrN4/c1-8-5-12(6-9(2)14(8)17)21-11(4)10(3)13-15(18)19-7-20-16(13)21/h5-7H,1-4H3,(H2,18,19,20). The molecule has 2 aromatic heterocycles. The molecule has 0 amide bonds. The predicted molar refractivity (Wildman–Crippen MR) is 89.9 cm³/mol. The Labute approximate surface area is 132 Å². The van der Waals surface area contributed by atoms with Crippen LogP contribution in [-0.2, 0) is 0 Å². The quantitative estimate of drug-likeness (QED) is 0.725. The van der Waals surface area contributed by atoms with Gasteiger partial charge in [-0.2, -0.15) is 0 Å². The number of anilines is 1. The van der Waals surface area contributed by atoms with Crippen LogP contribution in [0, 0.1) is 27.7 Å². The second-order valence-corrected chi connectivity index (χ2v) is 6.19. The fourth-order valence-electron chi connectivity index (χ4n) is 2.79. The van der Waals surface area contributed by atoms with Gasteiger partial charge in [0.15, 0.2) is 5.65 Å². The van der Waals surface area contributed by atoms with Gasteiger partial charge in [-0.1, -0.05) is 15.9 Å². The van der Waals surface area contributed by atoms with Crippen molar-refractivity contribution in [1.82, 2.24) is 14.5 Å². The highest BCUT2D eigenvalue weighted by molar-refractivity contribution is 9.10. The van der Waals surface area contributed by atoms with E-state index >= 15 is 0 Å². The minimum Gasteiger partial charge on any atom is -0.383 e. The zero-order valence-electron chi connectivity index (χ0n) is 12.5. The van der Waals surface area contributed by atoms with Crippen molar-refractivity contribution < 1.29 is 0 Å². The molecule has 0 fully saturated rings. The Hall–Kier alpha value is -1.88. The predicted octanol–water partition coefficient (Wildman–Crippen LogP) is 4.00. The summed E-state index contributed by atoms with van der Waals surface area (Å²) < 4.78 is 3.29. The van der Waals surface area contributed by atoms with E-state index in [4.69, 9.17) is 5.73 Å². The van der Waals surface area contributed by atoms with Gasteiger partial charge in [0, 0.05) is 15.9 Å². The van der Waals surface area contributed by atoms with E-state index in [1.54, 1.807) is 0 Å². The molecule has 0 unspecified atom stereocenters. The van der Waals surface area contributed by atoms with Gasteiger partial charge in [-0.05, 0) is 56.5 Å². The molecule has 0 saturated carbocycles. The van der Waals surface area contributed by atoms with Crippen molar-refractivity contribution in [2.24, 2.45) is 0 Å². The average molecular weight is 345 g/mol. The molecule has 3 aromatic rings. The maximum Gasteiger partial charge on any atom is 0.150 e. The highest BCUT2D eigenvalue weighted by atomic mass is 79.9. The molecule has 0 aliphatic carbocycles. The number of aryl methyl sites for hydroxylation is 3. The molecule has 0 aliphatic heterocycles. The zero-order valence-corrected chi connectivity index (χ0v) is 14.1. The Bertz CT molecular complexity index is 841. The van der Waals surface area contributed by atoms with Crippen LogP contribution in [0.3, 0.4) is 0 Å². The molecule has 3 rings (SSSR count). The van der Waals surface area contributed by atoms with E-state index in [2.05, 4.69) is 70.3 Å². The fourth-order valence-corrected chi connectivity index (χ4v) is 3.02. The van der Waals surface area contributed by atoms with E-state index in [9.17, 15) is 0 Å². The summed E-state index contributed by atoms with van der Waals surface area (Å²) in [6.07, 6.45) is 1.52. The second kappa shape index (κ2) is 4.84. The van der Waals surface area contributed by atoms with Crippen molar-refractivity contribution in [1.29, 1.82) is 0 Å². The molecule has 0 radical (unpaired) electrons. The Morgan fingerprint density at radius 1 is 1.05 bits per heavy atom. The molecule has 5 heteroatoms. The minimum atomic E-state index is 0.532. The first kappa shape index (κ1) is 14.1. The van der Waals surface area contributed by atoms with Crippen molar-refractivity contribution in [2.45, 2.75) is 27.7 Å². The van der Waals surface area contributed by atoms with Crippen LogP contribution in [0.5, 0.6) is 0 Å². The Kier molecular flexibility index (Phi) is 3.24. The third kappa shape index (κ3) is 2.03. The molecular weight excluding hydrogens is 328 g/mol. The van der Waals surface area contributed by atoms with Gasteiger partial charge in [0.1, 0.15) is 12.1 Å². The van der Waals surface area contributed by atoms with Crippen LogP contribution < -0.4 is 5.73 Å². The Morgan fingerprint density at radius 3 is 2.29 bits per heavy atom. The maximum atomic E-state index is 6.03. The number of hydrogen-bond acceptors (Lipinski definition) is 3. The van der Waals surface area contributed by atoms with Gasteiger partial charge in [0.25, 0.3) is 0 Å². The lowest BCUT2D eigenvalue weighted by atomic mass is 10.1. The van der Waals surface area contributed by atoms with Crippen LogP contribution in [0.1, 0.15) is 22.4 Å². The van der Waals surface area contributed by atoms with Crippen molar-refractivity contribution in [2.75, 3.05) is 5.73 Å². The van der Waals surface area contributed by atoms with Crippen molar-refractivity contribution in [3.63, 3.8) is 0 Å². The van der Waals surface area contributed by atoms with Gasteiger partial charge >= 0.3 is 0 Å². The first-order valence-electron chi connectivity index (χ1n) is 6.77. The SMILES string of the molecule is Cc1cc(-n2c(C)c(C)c3c(N)ncnc32)cc(C)c1Br. The van der Waals surface area contributed by atoms with Crippen LogP contribution in [0.25, 0.3) is 16.7 Å². The van der Waals surface area contributed by atoms with Gasteiger partial charge in [0.2, 0.25) is 0 Å². The van der Waals surface area contributed by atoms with E-state index < -0.39 is 0 Å². The summed E-state index contributed by atoms with van der Waals surface area (Å²) in [7, 11) is 0. The number of aromatic nitrogens is 3. The van der Waals surface area contributed by atoms with Crippen LogP contribution in [0.4, 0.5) is 5.82 Å². The summed E-state index contributed by atoms with van der Waals surface area (Å²) in [5.74, 6) is 0.532. The zero-order chi connectivity index (χ0) is 15.3. The number of nitrogens with two attached hydrogens (primary N) is 1. The van der Waals surface area contributed by atoms with Crippen LogP contribution in [0.15, 0.2) is 22.9 Å². The largest absolute Gasteiger partial charge is 0.383 e. The van der Waals surface area contributed by atoms with Crippen LogP contribution >= 0.6 is 15.9 Å². The summed E-state index contributed by atoms with van der Waals surface area (Å²) in [4.78, 5) is 8.55. The highest BCUT2D eigenvalue weighted by Crippen LogP contribution is 2.32. The molecule has 0 aliphatic rings. The molecule has 0 spiro atoms. The smallest absolute Gasteiger partial charge is 0.150 e. The number of hydrogen-bond donors (Lipinski definition) is 1. The summed E-state index contributed by atoms with van der Waals surface area (Å²) in [5, 5.41) is 0.938. The first-order valence-corrected chi connectivity index (χ1v) is 7.56. The number of benzene rings is 1. The van der Waals surface area contributed by atoms with E-state index in [0.29, 0.717) is 5.82 Å². The topological polar surface area (TPSA) is 56.7 Å². The van der Waals surface area contributed by atoms with E-state index in [0.717, 1.165) is 32.5 Å². The van der Waals surface area contributed by atoms with Gasteiger partial charge < -0.3 is 5.73 Å². The summed E-state index contributed by atoms with van der Waals surface area (Å²) in [6, 6.07) is 4.31. The maximum absolute atomic E-state index is 6.03. The second-order valence-electron chi connectivity index (χ2n) is 5.40. The highest BCUT2D eigenvalue weighted by Gasteiger charge is 2.17. The van der Waals surface area contributed by atoms with Gasteiger partial charge in [-0.3, -0.25) is 4.57 Å². The van der Waals surface area contributed by atoms with E-state index in [1.165, 1.54) is 17.5 Å². The number of nitrogens with zero attached hydrogens (tertiary/aromatic N) is 3. The van der Waals surface area contributed by atoms with E-state index in [-0.39, 0.29) is 0 Å². The molecule has 4 nitrogen and oxygen atoms in total. The third-order valence-corrected chi connectivity index (χ3v) is 5.25. The molecule has 1 aromatic carbocycles. The molecule has 21 heavy (non-hydrogen) atoms. The summed E-state index contributed by atoms with van der Waals surface area (Å²) in [6.45, 7) is 8.34. The first-order chi connectivity index (χ1) is 9.91. The number of nitrogen functional groups attached to an aromatic ring is 1. The Morgan fingerprint density at radius 2 is 1.67 bits per heavy atom. The normalized spacial score (nSPS) is 11.3. The minimum absolute atomic E-state index is 0.532. The lowest BCUT2D eigenvalue weighted by molar-refractivity contribution is 1.01. The van der Waals surface area contributed by atoms with Crippen molar-refractivity contribution in [3.8, 4) is 5.69 Å². The van der Waals surface area contributed by atoms with Gasteiger partial charge in [0.05, 0.1) is 5.39 Å². The molecule has 2 N–H and O–H groups in total. The van der Waals surface area contributed by atoms with Crippen LogP contribution in [-0.4, -0.2) is 14.5 Å². The van der Waals surface area contributed by atoms with E-state index in [1.807, 2.05) is 0 Å². The monoisotopic (exact) mass is 344 g/mol. The van der Waals surface area contributed by atoms with Crippen molar-refractivity contribution in [3.05, 3.63) is 45.3 Å². The van der Waals surface area contributed by atoms with Gasteiger partial charge in [-0.25, -0.2) is 9.97 Å². The third-order valence-electron chi connectivity index (χ3n) is 4.00. The lowest BCUT2D eigenvalue weighted by Crippen LogP contribution is -2.00. The number of fused-ring (bicyclic) bond motifs is 1. The number of rotatable bonds is 1. The molecule has 0 saturated heterocycles. The number of halogens is 1. The van der Waals surface area contributed by atoms with Gasteiger partial charge in [-0.15, -0.1) is 0 Å². The summed E-state index contributed by atoms with van der Waals surface area (Å²) in [5.41, 5.74) is 12.7. The molecular formula is C16H17BrN4. The average Bonchev–Trinajstić information content (AvgIpc) is 2.69. The summed E-state index contributed by atoms with van der Waals surface area (Å²) >= 11 is 3.62. The molecule has 0 atom stereocenters. The molecule has 108 valence electrons. The van der Waals surface area contributed by atoms with Crippen LogP contribution in [0.2, 0.25) is 0 Å². The molecule has 0 bridgehead atoms. The fraction of sp³-hybridized carbons (Fsp3) is 0.250. The Balaban J connectivity index is 2.41.